The number of aryl methyl sites for hydroxylation is 1. The lowest BCUT2D eigenvalue weighted by atomic mass is 10.2. The van der Waals surface area contributed by atoms with Crippen molar-refractivity contribution in [3.05, 3.63) is 72.6 Å². The van der Waals surface area contributed by atoms with E-state index < -0.39 is 11.8 Å². The van der Waals surface area contributed by atoms with Gasteiger partial charge in [-0.25, -0.2) is 4.98 Å². The smallest absolute Gasteiger partial charge is 0.313 e. The number of carbonyl (C=O) groups is 2. The summed E-state index contributed by atoms with van der Waals surface area (Å²) in [6.07, 6.45) is 4.26. The third kappa shape index (κ3) is 4.62. The Kier molecular flexibility index (Phi) is 6.16. The van der Waals surface area contributed by atoms with Crippen molar-refractivity contribution < 1.29 is 9.59 Å². The van der Waals surface area contributed by atoms with Gasteiger partial charge in [0.25, 0.3) is 0 Å². The molecule has 0 aliphatic heterocycles. The minimum Gasteiger partial charge on any atom is -0.348 e. The van der Waals surface area contributed by atoms with Gasteiger partial charge in [0, 0.05) is 31.0 Å². The summed E-state index contributed by atoms with van der Waals surface area (Å²) in [6, 6.07) is 18.3. The Bertz CT molecular complexity index is 1000. The standard InChI is InChI=1S/C21H19N5O2/c22-15-17-9-4-5-10-18(17)25-21(28)20(27)24-11-6-13-26-14-12-23-19(26)16-7-2-1-3-8-16/h1-5,7-10,12,14H,6,11,13H2,(H,24,27)(H,25,28). The monoisotopic (exact) mass is 373 g/mol. The van der Waals surface area contributed by atoms with E-state index >= 15 is 0 Å². The third-order valence-electron chi connectivity index (χ3n) is 4.11. The fourth-order valence-corrected chi connectivity index (χ4v) is 2.74. The summed E-state index contributed by atoms with van der Waals surface area (Å²) in [7, 11) is 0. The number of imidazole rings is 1. The Hall–Kier alpha value is -3.92. The van der Waals surface area contributed by atoms with E-state index in [0.717, 1.165) is 11.4 Å². The number of nitrogens with one attached hydrogen (secondary N) is 2. The first kappa shape index (κ1) is 18.9. The van der Waals surface area contributed by atoms with Gasteiger partial charge in [-0.1, -0.05) is 42.5 Å². The molecule has 2 amide bonds. The largest absolute Gasteiger partial charge is 0.348 e. The highest BCUT2D eigenvalue weighted by Crippen LogP contribution is 2.17. The van der Waals surface area contributed by atoms with Gasteiger partial charge >= 0.3 is 11.8 Å². The number of hydrogen-bond donors (Lipinski definition) is 2. The van der Waals surface area contributed by atoms with Gasteiger partial charge in [0.2, 0.25) is 0 Å². The van der Waals surface area contributed by atoms with Gasteiger partial charge in [0.15, 0.2) is 0 Å². The molecule has 7 nitrogen and oxygen atoms in total. The Morgan fingerprint density at radius 2 is 1.79 bits per heavy atom. The van der Waals surface area contributed by atoms with E-state index in [-0.39, 0.29) is 0 Å². The molecule has 7 heteroatoms. The molecule has 0 radical (unpaired) electrons. The van der Waals surface area contributed by atoms with E-state index in [2.05, 4.69) is 15.6 Å². The van der Waals surface area contributed by atoms with Crippen molar-refractivity contribution in [2.24, 2.45) is 0 Å². The van der Waals surface area contributed by atoms with Crippen LogP contribution in [0.1, 0.15) is 12.0 Å². The predicted molar refractivity (Wildman–Crippen MR) is 105 cm³/mol. The number of aromatic nitrogens is 2. The molecule has 3 rings (SSSR count). The molecule has 0 saturated carbocycles. The number of anilines is 1. The van der Waals surface area contributed by atoms with Crippen molar-refractivity contribution in [1.29, 1.82) is 5.26 Å². The van der Waals surface area contributed by atoms with Crippen LogP contribution in [0.4, 0.5) is 5.69 Å². The van der Waals surface area contributed by atoms with Crippen LogP contribution >= 0.6 is 0 Å². The van der Waals surface area contributed by atoms with Crippen molar-refractivity contribution in [1.82, 2.24) is 14.9 Å². The fourth-order valence-electron chi connectivity index (χ4n) is 2.74. The van der Waals surface area contributed by atoms with Gasteiger partial charge in [-0.15, -0.1) is 0 Å². The van der Waals surface area contributed by atoms with Crippen LogP contribution in [0.5, 0.6) is 0 Å². The van der Waals surface area contributed by atoms with Crippen LogP contribution in [0.3, 0.4) is 0 Å². The molecule has 2 N–H and O–H groups in total. The Morgan fingerprint density at radius 1 is 1.04 bits per heavy atom. The number of hydrogen-bond acceptors (Lipinski definition) is 4. The first-order valence-corrected chi connectivity index (χ1v) is 8.84. The topological polar surface area (TPSA) is 99.8 Å². The number of nitriles is 1. The molecule has 0 aliphatic carbocycles. The second kappa shape index (κ2) is 9.14. The maximum atomic E-state index is 12.0. The molecule has 2 aromatic carbocycles. The van der Waals surface area contributed by atoms with Crippen molar-refractivity contribution in [2.75, 3.05) is 11.9 Å². The molecule has 0 atom stereocenters. The highest BCUT2D eigenvalue weighted by Gasteiger charge is 2.14. The number of rotatable bonds is 6. The van der Waals surface area contributed by atoms with Crippen LogP contribution in [-0.4, -0.2) is 27.9 Å². The maximum absolute atomic E-state index is 12.0. The van der Waals surface area contributed by atoms with Crippen LogP contribution in [-0.2, 0) is 16.1 Å². The zero-order valence-corrected chi connectivity index (χ0v) is 15.1. The van der Waals surface area contributed by atoms with E-state index in [9.17, 15) is 9.59 Å². The molecule has 140 valence electrons. The van der Waals surface area contributed by atoms with Crippen molar-refractivity contribution in [3.8, 4) is 17.5 Å². The quantitative estimate of drug-likeness (QED) is 0.512. The second-order valence-corrected chi connectivity index (χ2v) is 6.03. The Morgan fingerprint density at radius 3 is 2.57 bits per heavy atom. The van der Waals surface area contributed by atoms with Gasteiger partial charge < -0.3 is 15.2 Å². The maximum Gasteiger partial charge on any atom is 0.313 e. The Balaban J connectivity index is 1.48. The minimum atomic E-state index is -0.796. The van der Waals surface area contributed by atoms with Crippen LogP contribution < -0.4 is 10.6 Å². The molecule has 1 aromatic heterocycles. The van der Waals surface area contributed by atoms with Gasteiger partial charge in [0.05, 0.1) is 11.3 Å². The average Bonchev–Trinajstić information content (AvgIpc) is 3.20. The predicted octanol–water partition coefficient (Wildman–Crippen LogP) is 2.57. The summed E-state index contributed by atoms with van der Waals surface area (Å²) in [5.41, 5.74) is 1.64. The van der Waals surface area contributed by atoms with Crippen molar-refractivity contribution >= 4 is 17.5 Å². The van der Waals surface area contributed by atoms with Crippen LogP contribution in [0.15, 0.2) is 67.0 Å². The number of para-hydroxylation sites is 1. The lowest BCUT2D eigenvalue weighted by molar-refractivity contribution is -0.136. The third-order valence-corrected chi connectivity index (χ3v) is 4.11. The summed E-state index contributed by atoms with van der Waals surface area (Å²) in [4.78, 5) is 28.3. The number of carbonyl (C=O) groups excluding carboxylic acids is 2. The highest BCUT2D eigenvalue weighted by atomic mass is 16.2. The van der Waals surface area contributed by atoms with E-state index in [4.69, 9.17) is 5.26 Å². The fraction of sp³-hybridized carbons (Fsp3) is 0.143. The molecular weight excluding hydrogens is 354 g/mol. The summed E-state index contributed by atoms with van der Waals surface area (Å²) in [5, 5.41) is 14.1. The molecule has 0 bridgehead atoms. The highest BCUT2D eigenvalue weighted by molar-refractivity contribution is 6.39. The molecule has 0 saturated heterocycles. The second-order valence-electron chi connectivity index (χ2n) is 6.03. The minimum absolute atomic E-state index is 0.303. The molecule has 0 aliphatic rings. The molecule has 3 aromatic rings. The van der Waals surface area contributed by atoms with Crippen LogP contribution in [0.25, 0.3) is 11.4 Å². The van der Waals surface area contributed by atoms with Gasteiger partial charge in [-0.2, -0.15) is 5.26 Å². The summed E-state index contributed by atoms with van der Waals surface area (Å²) < 4.78 is 2.00. The molecule has 0 unspecified atom stereocenters. The summed E-state index contributed by atoms with van der Waals surface area (Å²) in [6.45, 7) is 1.00. The first-order chi connectivity index (χ1) is 13.7. The van der Waals surface area contributed by atoms with E-state index in [1.54, 1.807) is 30.5 Å². The van der Waals surface area contributed by atoms with Crippen molar-refractivity contribution in [2.45, 2.75) is 13.0 Å². The molecule has 1 heterocycles. The summed E-state index contributed by atoms with van der Waals surface area (Å²) >= 11 is 0. The van der Waals surface area contributed by atoms with Crippen LogP contribution in [0.2, 0.25) is 0 Å². The number of amides is 2. The Labute approximate surface area is 162 Å². The van der Waals surface area contributed by atoms with Crippen molar-refractivity contribution in [3.63, 3.8) is 0 Å². The molecule has 28 heavy (non-hydrogen) atoms. The van der Waals surface area contributed by atoms with E-state index in [1.807, 2.05) is 47.2 Å². The molecular formula is C21H19N5O2. The molecule has 0 fully saturated rings. The number of benzene rings is 2. The van der Waals surface area contributed by atoms with E-state index in [1.165, 1.54) is 0 Å². The SMILES string of the molecule is N#Cc1ccccc1NC(=O)C(=O)NCCCn1ccnc1-c1ccccc1. The van der Waals surface area contributed by atoms with Gasteiger partial charge in [-0.05, 0) is 18.6 Å². The van der Waals surface area contributed by atoms with E-state index in [0.29, 0.717) is 30.8 Å². The lowest BCUT2D eigenvalue weighted by Gasteiger charge is -2.09. The normalized spacial score (nSPS) is 10.1. The zero-order chi connectivity index (χ0) is 19.8. The average molecular weight is 373 g/mol. The first-order valence-electron chi connectivity index (χ1n) is 8.84. The summed E-state index contributed by atoms with van der Waals surface area (Å²) in [5.74, 6) is -0.672. The lowest BCUT2D eigenvalue weighted by Crippen LogP contribution is -2.36. The van der Waals surface area contributed by atoms with Gasteiger partial charge in [-0.3, -0.25) is 9.59 Å². The van der Waals surface area contributed by atoms with Gasteiger partial charge in [0.1, 0.15) is 11.9 Å². The zero-order valence-electron chi connectivity index (χ0n) is 15.1. The molecule has 0 spiro atoms. The number of nitrogens with zero attached hydrogens (tertiary/aromatic N) is 3. The van der Waals surface area contributed by atoms with Crippen LogP contribution in [0, 0.1) is 11.3 Å².